The molecule has 2 aromatic carbocycles. The lowest BCUT2D eigenvalue weighted by Crippen LogP contribution is -2.41. The number of amides is 1. The van der Waals surface area contributed by atoms with Gasteiger partial charge in [0.05, 0.1) is 20.6 Å². The zero-order valence-corrected chi connectivity index (χ0v) is 17.2. The highest BCUT2D eigenvalue weighted by molar-refractivity contribution is 7.91. The van der Waals surface area contributed by atoms with E-state index in [1.54, 1.807) is 60.7 Å². The number of nitrogens with zero attached hydrogens (tertiary/aromatic N) is 1. The number of thiophene rings is 1. The Morgan fingerprint density at radius 2 is 1.70 bits per heavy atom. The lowest BCUT2D eigenvalue weighted by molar-refractivity contribution is 0.0985. The van der Waals surface area contributed by atoms with Crippen molar-refractivity contribution in [3.8, 4) is 10.4 Å². The molecule has 0 saturated heterocycles. The molecular formula is C18H14Cl2N2O3S2. The van der Waals surface area contributed by atoms with Crippen molar-refractivity contribution in [1.29, 1.82) is 0 Å². The fourth-order valence-electron chi connectivity index (χ4n) is 2.28. The fourth-order valence-corrected chi connectivity index (χ4v) is 4.42. The molecule has 0 saturated carbocycles. The van der Waals surface area contributed by atoms with Crippen LogP contribution in [0.5, 0.6) is 0 Å². The Balaban J connectivity index is 1.78. The Labute approximate surface area is 171 Å². The number of hydrogen-bond donors (Lipinski definition) is 1. The van der Waals surface area contributed by atoms with E-state index in [0.717, 1.165) is 26.1 Å². The summed E-state index contributed by atoms with van der Waals surface area (Å²) in [5.41, 5.74) is 1.23. The number of para-hydroxylation sites is 1. The van der Waals surface area contributed by atoms with Crippen LogP contribution in [0.15, 0.2) is 60.7 Å². The summed E-state index contributed by atoms with van der Waals surface area (Å²) in [6.45, 7) is 0. The van der Waals surface area contributed by atoms with Gasteiger partial charge in [-0.15, -0.1) is 11.3 Å². The van der Waals surface area contributed by atoms with E-state index in [1.165, 1.54) is 7.05 Å². The second-order valence-corrected chi connectivity index (χ2v) is 9.13. The first-order valence-electron chi connectivity index (χ1n) is 7.69. The van der Waals surface area contributed by atoms with Crippen LogP contribution in [-0.4, -0.2) is 21.4 Å². The van der Waals surface area contributed by atoms with Crippen molar-refractivity contribution in [1.82, 2.24) is 4.72 Å². The molecule has 1 amide bonds. The van der Waals surface area contributed by atoms with Gasteiger partial charge in [0.1, 0.15) is 0 Å². The summed E-state index contributed by atoms with van der Waals surface area (Å²) in [6, 6.07) is 16.9. The molecule has 9 heteroatoms. The average molecular weight is 441 g/mol. The monoisotopic (exact) mass is 440 g/mol. The first-order valence-corrected chi connectivity index (χ1v) is 10.7. The van der Waals surface area contributed by atoms with E-state index >= 15 is 0 Å². The molecule has 0 atom stereocenters. The number of hydrogen-bond acceptors (Lipinski definition) is 4. The first-order chi connectivity index (χ1) is 12.8. The van der Waals surface area contributed by atoms with Gasteiger partial charge in [0.2, 0.25) is 0 Å². The van der Waals surface area contributed by atoms with Gasteiger partial charge in [-0.2, -0.15) is 8.42 Å². The minimum atomic E-state index is -4.03. The molecule has 0 aliphatic heterocycles. The highest BCUT2D eigenvalue weighted by Gasteiger charge is 2.23. The molecule has 1 heterocycles. The van der Waals surface area contributed by atoms with E-state index in [9.17, 15) is 13.2 Å². The molecule has 3 aromatic rings. The van der Waals surface area contributed by atoms with Crippen molar-refractivity contribution in [2.24, 2.45) is 0 Å². The minimum absolute atomic E-state index is 0.265. The molecule has 1 N–H and O–H groups in total. The zero-order chi connectivity index (χ0) is 19.6. The van der Waals surface area contributed by atoms with Crippen molar-refractivity contribution in [2.75, 3.05) is 11.4 Å². The third-order valence-corrected chi connectivity index (χ3v) is 6.98. The fraction of sp³-hybridized carbons (Fsp3) is 0.0556. The van der Waals surface area contributed by atoms with Crippen LogP contribution in [0, 0.1) is 0 Å². The molecule has 0 aliphatic carbocycles. The Hall–Kier alpha value is -2.06. The van der Waals surface area contributed by atoms with Crippen molar-refractivity contribution >= 4 is 56.3 Å². The van der Waals surface area contributed by atoms with Gasteiger partial charge >= 0.3 is 10.2 Å². The largest absolute Gasteiger partial charge is 0.326 e. The number of halogens is 2. The van der Waals surface area contributed by atoms with Crippen LogP contribution in [0.3, 0.4) is 0 Å². The Morgan fingerprint density at radius 1 is 1.00 bits per heavy atom. The lowest BCUT2D eigenvalue weighted by Gasteiger charge is -2.19. The minimum Gasteiger partial charge on any atom is -0.267 e. The summed E-state index contributed by atoms with van der Waals surface area (Å²) in [5, 5.41) is 0.839. The van der Waals surface area contributed by atoms with Crippen molar-refractivity contribution in [3.63, 3.8) is 0 Å². The maximum absolute atomic E-state index is 12.4. The van der Waals surface area contributed by atoms with E-state index in [-0.39, 0.29) is 4.88 Å². The van der Waals surface area contributed by atoms with Gasteiger partial charge in [0.25, 0.3) is 5.91 Å². The van der Waals surface area contributed by atoms with E-state index in [2.05, 4.69) is 4.72 Å². The first kappa shape index (κ1) is 19.7. The third-order valence-electron chi connectivity index (χ3n) is 3.74. The van der Waals surface area contributed by atoms with Crippen LogP contribution in [0.1, 0.15) is 9.67 Å². The molecule has 0 fully saturated rings. The lowest BCUT2D eigenvalue weighted by atomic mass is 10.2. The maximum Gasteiger partial charge on any atom is 0.326 e. The van der Waals surface area contributed by atoms with Gasteiger partial charge in [0, 0.05) is 11.9 Å². The van der Waals surface area contributed by atoms with Gasteiger partial charge in [-0.3, -0.25) is 9.10 Å². The number of anilines is 1. The summed E-state index contributed by atoms with van der Waals surface area (Å²) in [7, 11) is -2.65. The highest BCUT2D eigenvalue weighted by Crippen LogP contribution is 2.32. The van der Waals surface area contributed by atoms with Crippen molar-refractivity contribution in [2.45, 2.75) is 0 Å². The van der Waals surface area contributed by atoms with E-state index in [0.29, 0.717) is 15.7 Å². The smallest absolute Gasteiger partial charge is 0.267 e. The Morgan fingerprint density at radius 3 is 2.37 bits per heavy atom. The van der Waals surface area contributed by atoms with Crippen LogP contribution in [-0.2, 0) is 10.2 Å². The standard InChI is InChI=1S/C18H14Cl2N2O3S2/c1-22(13-5-3-2-4-6-13)27(24,25)21-18(23)17-10-9-16(26-17)12-7-8-14(19)15(20)11-12/h2-11H,1H3,(H,21,23). The van der Waals surface area contributed by atoms with Gasteiger partial charge in [-0.1, -0.05) is 47.5 Å². The summed E-state index contributed by atoms with van der Waals surface area (Å²) >= 11 is 13.1. The second kappa shape index (κ2) is 7.90. The Bertz CT molecular complexity index is 1080. The van der Waals surface area contributed by atoms with Crippen molar-refractivity contribution < 1.29 is 13.2 Å². The van der Waals surface area contributed by atoms with Gasteiger partial charge < -0.3 is 0 Å². The molecule has 1 aromatic heterocycles. The van der Waals surface area contributed by atoms with Crippen LogP contribution in [0.25, 0.3) is 10.4 Å². The quantitative estimate of drug-likeness (QED) is 0.617. The third kappa shape index (κ3) is 4.44. The predicted molar refractivity (Wildman–Crippen MR) is 111 cm³/mol. The number of carbonyl (C=O) groups excluding carboxylic acids is 1. The molecular weight excluding hydrogens is 427 g/mol. The van der Waals surface area contributed by atoms with Crippen LogP contribution in [0.2, 0.25) is 10.0 Å². The summed E-state index contributed by atoms with van der Waals surface area (Å²) in [6.07, 6.45) is 0. The van der Waals surface area contributed by atoms with Gasteiger partial charge in [-0.25, -0.2) is 4.72 Å². The molecule has 0 radical (unpaired) electrons. The van der Waals surface area contributed by atoms with Crippen molar-refractivity contribution in [3.05, 3.63) is 75.6 Å². The molecule has 0 aliphatic rings. The highest BCUT2D eigenvalue weighted by atomic mass is 35.5. The summed E-state index contributed by atoms with van der Waals surface area (Å²) in [5.74, 6) is -0.700. The number of rotatable bonds is 5. The average Bonchev–Trinajstić information content (AvgIpc) is 3.14. The number of benzene rings is 2. The zero-order valence-electron chi connectivity index (χ0n) is 14.0. The molecule has 140 valence electrons. The normalized spacial score (nSPS) is 11.2. The van der Waals surface area contributed by atoms with Crippen LogP contribution in [0.4, 0.5) is 5.69 Å². The number of carbonyl (C=O) groups is 1. The SMILES string of the molecule is CN(c1ccccc1)S(=O)(=O)NC(=O)c1ccc(-c2ccc(Cl)c(Cl)c2)s1. The van der Waals surface area contributed by atoms with E-state index in [1.807, 2.05) is 0 Å². The van der Waals surface area contributed by atoms with Gasteiger partial charge in [-0.05, 0) is 42.0 Å². The molecule has 0 unspecified atom stereocenters. The topological polar surface area (TPSA) is 66.5 Å². The summed E-state index contributed by atoms with van der Waals surface area (Å²) < 4.78 is 28.0. The molecule has 27 heavy (non-hydrogen) atoms. The van der Waals surface area contributed by atoms with Crippen LogP contribution >= 0.6 is 34.5 Å². The maximum atomic E-state index is 12.4. The predicted octanol–water partition coefficient (Wildman–Crippen LogP) is 4.83. The van der Waals surface area contributed by atoms with E-state index in [4.69, 9.17) is 23.2 Å². The molecule has 3 rings (SSSR count). The molecule has 0 spiro atoms. The van der Waals surface area contributed by atoms with Gasteiger partial charge in [0.15, 0.2) is 0 Å². The van der Waals surface area contributed by atoms with Crippen LogP contribution < -0.4 is 9.03 Å². The second-order valence-electron chi connectivity index (χ2n) is 5.53. The number of nitrogens with one attached hydrogen (secondary N) is 1. The Kier molecular flexibility index (Phi) is 5.76. The van der Waals surface area contributed by atoms with E-state index < -0.39 is 16.1 Å². The molecule has 0 bridgehead atoms. The summed E-state index contributed by atoms with van der Waals surface area (Å²) in [4.78, 5) is 13.4. The molecule has 5 nitrogen and oxygen atoms in total.